The second kappa shape index (κ2) is 8.25. The number of aromatic nitrogens is 1. The van der Waals surface area contributed by atoms with Crippen LogP contribution in [0.5, 0.6) is 0 Å². The van der Waals surface area contributed by atoms with Gasteiger partial charge in [0.25, 0.3) is 5.69 Å². The topological polar surface area (TPSA) is 117 Å². The third kappa shape index (κ3) is 4.54. The van der Waals surface area contributed by atoms with Gasteiger partial charge in [0.2, 0.25) is 0 Å². The fraction of sp³-hybridized carbons (Fsp3) is 0.375. The number of anilines is 1. The van der Waals surface area contributed by atoms with Crippen LogP contribution in [-0.4, -0.2) is 36.3 Å². The number of nitrogens with zero attached hydrogens (tertiary/aromatic N) is 2. The summed E-state index contributed by atoms with van der Waals surface area (Å²) in [7, 11) is 1.54. The zero-order valence-electron chi connectivity index (χ0n) is 14.2. The Kier molecular flexibility index (Phi) is 6.07. The number of nitro benzene ring substituents is 1. The molecule has 2 aromatic rings. The van der Waals surface area contributed by atoms with Crippen LogP contribution in [0.3, 0.4) is 0 Å². The number of nitrogens with one attached hydrogen (secondary N) is 1. The summed E-state index contributed by atoms with van der Waals surface area (Å²) < 4.78 is 15.1. The van der Waals surface area contributed by atoms with Gasteiger partial charge in [-0.05, 0) is 26.0 Å². The molecule has 0 aliphatic rings. The molecule has 0 aliphatic heterocycles. The van der Waals surface area contributed by atoms with E-state index in [2.05, 4.69) is 10.5 Å². The SMILES string of the molecule is COCCNc1ccc(C(=O)OCc2c(C)noc2C)cc1[N+](=O)[O-]. The van der Waals surface area contributed by atoms with Crippen LogP contribution in [0.25, 0.3) is 0 Å². The van der Waals surface area contributed by atoms with E-state index in [0.717, 1.165) is 0 Å². The Morgan fingerprint density at radius 2 is 2.16 bits per heavy atom. The van der Waals surface area contributed by atoms with Crippen LogP contribution in [0.2, 0.25) is 0 Å². The van der Waals surface area contributed by atoms with Crippen LogP contribution >= 0.6 is 0 Å². The Hall–Kier alpha value is -2.94. The van der Waals surface area contributed by atoms with Crippen molar-refractivity contribution in [3.05, 3.63) is 50.9 Å². The number of carbonyl (C=O) groups is 1. The molecule has 0 aliphatic carbocycles. The number of carbonyl (C=O) groups excluding carboxylic acids is 1. The summed E-state index contributed by atoms with van der Waals surface area (Å²) in [5, 5.41) is 17.9. The number of nitro groups is 1. The van der Waals surface area contributed by atoms with Crippen molar-refractivity contribution in [3.63, 3.8) is 0 Å². The summed E-state index contributed by atoms with van der Waals surface area (Å²) >= 11 is 0. The van der Waals surface area contributed by atoms with Crippen molar-refractivity contribution in [2.75, 3.05) is 25.6 Å². The second-order valence-electron chi connectivity index (χ2n) is 5.29. The highest BCUT2D eigenvalue weighted by molar-refractivity contribution is 5.91. The summed E-state index contributed by atoms with van der Waals surface area (Å²) in [5.41, 5.74) is 1.51. The molecule has 9 heteroatoms. The van der Waals surface area contributed by atoms with Gasteiger partial charge in [-0.1, -0.05) is 5.16 Å². The molecule has 0 atom stereocenters. The zero-order chi connectivity index (χ0) is 18.4. The maximum absolute atomic E-state index is 12.2. The van der Waals surface area contributed by atoms with Gasteiger partial charge in [0.1, 0.15) is 18.1 Å². The fourth-order valence-electron chi connectivity index (χ4n) is 2.18. The van der Waals surface area contributed by atoms with Crippen LogP contribution in [-0.2, 0) is 16.1 Å². The molecule has 0 fully saturated rings. The Morgan fingerprint density at radius 1 is 1.40 bits per heavy atom. The van der Waals surface area contributed by atoms with Crippen LogP contribution in [0.4, 0.5) is 11.4 Å². The summed E-state index contributed by atoms with van der Waals surface area (Å²) in [6.45, 7) is 4.26. The summed E-state index contributed by atoms with van der Waals surface area (Å²) in [4.78, 5) is 22.8. The Balaban J connectivity index is 2.11. The summed E-state index contributed by atoms with van der Waals surface area (Å²) in [6.07, 6.45) is 0. The molecule has 0 saturated heterocycles. The average molecular weight is 349 g/mol. The van der Waals surface area contributed by atoms with Crippen molar-refractivity contribution in [1.82, 2.24) is 5.16 Å². The van der Waals surface area contributed by atoms with E-state index in [4.69, 9.17) is 14.0 Å². The molecule has 1 N–H and O–H groups in total. The van der Waals surface area contributed by atoms with Crippen molar-refractivity contribution in [2.24, 2.45) is 0 Å². The molecule has 134 valence electrons. The molecule has 1 aromatic heterocycles. The van der Waals surface area contributed by atoms with E-state index in [1.807, 2.05) is 0 Å². The summed E-state index contributed by atoms with van der Waals surface area (Å²) in [5.74, 6) is -0.0967. The first-order valence-corrected chi connectivity index (χ1v) is 7.54. The van der Waals surface area contributed by atoms with Crippen LogP contribution < -0.4 is 5.32 Å². The molecular weight excluding hydrogens is 330 g/mol. The highest BCUT2D eigenvalue weighted by atomic mass is 16.6. The van der Waals surface area contributed by atoms with E-state index in [1.54, 1.807) is 13.8 Å². The quantitative estimate of drug-likeness (QED) is 0.334. The molecule has 2 rings (SSSR count). The van der Waals surface area contributed by atoms with Crippen molar-refractivity contribution in [2.45, 2.75) is 20.5 Å². The van der Waals surface area contributed by atoms with Crippen LogP contribution in [0, 0.1) is 24.0 Å². The standard InChI is InChI=1S/C16H19N3O6/c1-10-13(11(2)25-18-10)9-24-16(20)12-4-5-14(17-6-7-23-3)15(8-12)19(21)22/h4-5,8,17H,6-7,9H2,1-3H3. The number of hydrogen-bond donors (Lipinski definition) is 1. The molecule has 0 saturated carbocycles. The molecule has 1 aromatic carbocycles. The largest absolute Gasteiger partial charge is 0.457 e. The van der Waals surface area contributed by atoms with Gasteiger partial charge in [0.15, 0.2) is 0 Å². The molecule has 0 bridgehead atoms. The molecular formula is C16H19N3O6. The van der Waals surface area contributed by atoms with Crippen LogP contribution in [0.15, 0.2) is 22.7 Å². The highest BCUT2D eigenvalue weighted by Crippen LogP contribution is 2.26. The number of ether oxygens (including phenoxy) is 2. The third-order valence-corrected chi connectivity index (χ3v) is 3.58. The van der Waals surface area contributed by atoms with Gasteiger partial charge >= 0.3 is 5.97 Å². The molecule has 9 nitrogen and oxygen atoms in total. The Morgan fingerprint density at radius 3 is 2.76 bits per heavy atom. The van der Waals surface area contributed by atoms with Gasteiger partial charge in [-0.3, -0.25) is 10.1 Å². The van der Waals surface area contributed by atoms with Gasteiger partial charge < -0.3 is 19.3 Å². The van der Waals surface area contributed by atoms with E-state index < -0.39 is 10.9 Å². The maximum atomic E-state index is 12.2. The lowest BCUT2D eigenvalue weighted by Crippen LogP contribution is -2.11. The predicted octanol–water partition coefficient (Wildman–Crippen LogP) is 2.61. The first-order chi connectivity index (χ1) is 11.9. The van der Waals surface area contributed by atoms with Gasteiger partial charge in [-0.15, -0.1) is 0 Å². The first kappa shape index (κ1) is 18.4. The molecule has 0 unspecified atom stereocenters. The van der Waals surface area contributed by atoms with E-state index in [0.29, 0.717) is 35.9 Å². The number of hydrogen-bond acceptors (Lipinski definition) is 8. The van der Waals surface area contributed by atoms with Gasteiger partial charge in [-0.2, -0.15) is 0 Å². The lowest BCUT2D eigenvalue weighted by atomic mass is 10.1. The molecule has 1 heterocycles. The van der Waals surface area contributed by atoms with Crippen LogP contribution in [0.1, 0.15) is 27.4 Å². The lowest BCUT2D eigenvalue weighted by Gasteiger charge is -2.08. The Bertz CT molecular complexity index is 752. The number of rotatable bonds is 8. The van der Waals surface area contributed by atoms with E-state index >= 15 is 0 Å². The number of benzene rings is 1. The maximum Gasteiger partial charge on any atom is 0.338 e. The molecule has 0 radical (unpaired) electrons. The normalized spacial score (nSPS) is 10.5. The zero-order valence-corrected chi connectivity index (χ0v) is 14.2. The predicted molar refractivity (Wildman–Crippen MR) is 88.6 cm³/mol. The highest BCUT2D eigenvalue weighted by Gasteiger charge is 2.19. The van der Waals surface area contributed by atoms with E-state index in [9.17, 15) is 14.9 Å². The molecule has 0 amide bonds. The third-order valence-electron chi connectivity index (χ3n) is 3.58. The fourth-order valence-corrected chi connectivity index (χ4v) is 2.18. The van der Waals surface area contributed by atoms with Crippen molar-refractivity contribution in [1.29, 1.82) is 0 Å². The molecule has 0 spiro atoms. The van der Waals surface area contributed by atoms with Gasteiger partial charge in [0.05, 0.1) is 28.4 Å². The number of aryl methyl sites for hydroxylation is 2. The summed E-state index contributed by atoms with van der Waals surface area (Å²) in [6, 6.07) is 4.13. The smallest absolute Gasteiger partial charge is 0.338 e. The van der Waals surface area contributed by atoms with Gasteiger partial charge in [0, 0.05) is 19.7 Å². The van der Waals surface area contributed by atoms with Crippen molar-refractivity contribution < 1.29 is 23.7 Å². The molecule has 25 heavy (non-hydrogen) atoms. The number of methoxy groups -OCH3 is 1. The first-order valence-electron chi connectivity index (χ1n) is 7.54. The number of esters is 1. The van der Waals surface area contributed by atoms with Gasteiger partial charge in [-0.25, -0.2) is 4.79 Å². The minimum Gasteiger partial charge on any atom is -0.457 e. The van der Waals surface area contributed by atoms with E-state index in [1.165, 1.54) is 25.3 Å². The minimum absolute atomic E-state index is 0.0123. The lowest BCUT2D eigenvalue weighted by molar-refractivity contribution is -0.384. The van der Waals surface area contributed by atoms with Crippen molar-refractivity contribution in [3.8, 4) is 0 Å². The monoisotopic (exact) mass is 349 g/mol. The van der Waals surface area contributed by atoms with E-state index in [-0.39, 0.29) is 17.9 Å². The second-order valence-corrected chi connectivity index (χ2v) is 5.29. The average Bonchev–Trinajstić information content (AvgIpc) is 2.91. The van der Waals surface area contributed by atoms with Crippen molar-refractivity contribution >= 4 is 17.3 Å². The Labute approximate surface area is 144 Å². The minimum atomic E-state index is -0.661.